The van der Waals surface area contributed by atoms with E-state index in [9.17, 15) is 0 Å². The molecule has 0 aliphatic heterocycles. The second-order valence-corrected chi connectivity index (χ2v) is 4.41. The third kappa shape index (κ3) is 1.46. The molecule has 3 aromatic rings. The molecular weight excluding hydrogens is 239 g/mol. The van der Waals surface area contributed by atoms with E-state index in [-0.39, 0.29) is 0 Å². The SMILES string of the molecule is Clc1[c]cc2cc3cc[c]cc3c(Cl)c2c1. The predicted octanol–water partition coefficient (Wildman–Crippen LogP) is 4.90. The van der Waals surface area contributed by atoms with Gasteiger partial charge >= 0.3 is 0 Å². The molecular formula is C14H6Cl2. The van der Waals surface area contributed by atoms with Crippen molar-refractivity contribution >= 4 is 44.7 Å². The molecule has 0 spiro atoms. The Morgan fingerprint density at radius 2 is 1.81 bits per heavy atom. The van der Waals surface area contributed by atoms with Crippen molar-refractivity contribution in [3.8, 4) is 0 Å². The van der Waals surface area contributed by atoms with Crippen LogP contribution < -0.4 is 0 Å². The summed E-state index contributed by atoms with van der Waals surface area (Å²) in [5, 5.41) is 5.41. The molecule has 16 heavy (non-hydrogen) atoms. The molecule has 0 fully saturated rings. The first kappa shape index (κ1) is 9.95. The van der Waals surface area contributed by atoms with Crippen molar-refractivity contribution in [3.05, 3.63) is 58.6 Å². The van der Waals surface area contributed by atoms with Crippen molar-refractivity contribution in [2.75, 3.05) is 0 Å². The molecule has 76 valence electrons. The van der Waals surface area contributed by atoms with Crippen LogP contribution in [0, 0.1) is 12.1 Å². The van der Waals surface area contributed by atoms with Crippen LogP contribution in [0.5, 0.6) is 0 Å². The van der Waals surface area contributed by atoms with E-state index in [1.54, 1.807) is 0 Å². The highest BCUT2D eigenvalue weighted by Gasteiger charge is 2.05. The highest BCUT2D eigenvalue weighted by Crippen LogP contribution is 2.33. The Morgan fingerprint density at radius 3 is 2.69 bits per heavy atom. The van der Waals surface area contributed by atoms with E-state index in [1.165, 1.54) is 0 Å². The molecule has 3 rings (SSSR count). The Morgan fingerprint density at radius 1 is 0.938 bits per heavy atom. The number of halogens is 2. The zero-order chi connectivity index (χ0) is 11.1. The largest absolute Gasteiger partial charge is 0.0836 e. The quantitative estimate of drug-likeness (QED) is 0.494. The van der Waals surface area contributed by atoms with Gasteiger partial charge in [-0.1, -0.05) is 35.3 Å². The minimum absolute atomic E-state index is 0.577. The van der Waals surface area contributed by atoms with Gasteiger partial charge < -0.3 is 0 Å². The molecule has 0 bridgehead atoms. The van der Waals surface area contributed by atoms with Crippen molar-refractivity contribution < 1.29 is 0 Å². The Kier molecular flexibility index (Phi) is 2.27. The first-order valence-corrected chi connectivity index (χ1v) is 5.60. The molecule has 0 aliphatic carbocycles. The van der Waals surface area contributed by atoms with Gasteiger partial charge in [-0.25, -0.2) is 0 Å². The molecule has 2 radical (unpaired) electrons. The van der Waals surface area contributed by atoms with Crippen LogP contribution in [0.3, 0.4) is 0 Å². The van der Waals surface area contributed by atoms with Gasteiger partial charge in [0.25, 0.3) is 0 Å². The van der Waals surface area contributed by atoms with Crippen LogP contribution >= 0.6 is 23.2 Å². The van der Waals surface area contributed by atoms with Crippen LogP contribution in [-0.4, -0.2) is 0 Å². The number of fused-ring (bicyclic) bond motifs is 2. The van der Waals surface area contributed by atoms with Crippen LogP contribution in [-0.2, 0) is 0 Å². The zero-order valence-corrected chi connectivity index (χ0v) is 9.73. The summed E-state index contributed by atoms with van der Waals surface area (Å²) in [4.78, 5) is 0. The first-order valence-electron chi connectivity index (χ1n) is 4.85. The van der Waals surface area contributed by atoms with Gasteiger partial charge in [0.2, 0.25) is 0 Å². The lowest BCUT2D eigenvalue weighted by molar-refractivity contribution is 1.74. The monoisotopic (exact) mass is 244 g/mol. The van der Waals surface area contributed by atoms with E-state index >= 15 is 0 Å². The predicted molar refractivity (Wildman–Crippen MR) is 69.1 cm³/mol. The van der Waals surface area contributed by atoms with E-state index in [0.29, 0.717) is 5.02 Å². The summed E-state index contributed by atoms with van der Waals surface area (Å²) >= 11 is 12.3. The summed E-state index contributed by atoms with van der Waals surface area (Å²) in [6.07, 6.45) is 0. The van der Waals surface area contributed by atoms with Gasteiger partial charge in [0.05, 0.1) is 5.02 Å². The molecule has 0 aliphatic rings. The smallest absolute Gasteiger partial charge is 0.0563 e. The first-order chi connectivity index (χ1) is 7.75. The van der Waals surface area contributed by atoms with Crippen molar-refractivity contribution in [2.45, 2.75) is 0 Å². The molecule has 2 heteroatoms. The van der Waals surface area contributed by atoms with Crippen LogP contribution in [0.2, 0.25) is 10.0 Å². The van der Waals surface area contributed by atoms with E-state index < -0.39 is 0 Å². The molecule has 0 saturated carbocycles. The highest BCUT2D eigenvalue weighted by atomic mass is 35.5. The third-order valence-electron chi connectivity index (χ3n) is 2.63. The van der Waals surface area contributed by atoms with E-state index in [2.05, 4.69) is 18.2 Å². The number of hydrogen-bond acceptors (Lipinski definition) is 0. The van der Waals surface area contributed by atoms with Gasteiger partial charge in [-0.2, -0.15) is 0 Å². The van der Waals surface area contributed by atoms with Gasteiger partial charge in [-0.3, -0.25) is 0 Å². The van der Waals surface area contributed by atoms with Crippen LogP contribution in [0.1, 0.15) is 0 Å². The lowest BCUT2D eigenvalue weighted by Crippen LogP contribution is -1.79. The summed E-state index contributed by atoms with van der Waals surface area (Å²) in [6.45, 7) is 0. The third-order valence-corrected chi connectivity index (χ3v) is 3.25. The number of hydrogen-bond donors (Lipinski definition) is 0. The maximum Gasteiger partial charge on any atom is 0.0563 e. The average molecular weight is 245 g/mol. The van der Waals surface area contributed by atoms with Gasteiger partial charge in [0, 0.05) is 21.9 Å². The molecule has 0 heterocycles. The summed E-state index contributed by atoms with van der Waals surface area (Å²) in [5.74, 6) is 0. The molecule has 0 N–H and O–H groups in total. The lowest BCUT2D eigenvalue weighted by Gasteiger charge is -2.05. The van der Waals surface area contributed by atoms with Gasteiger partial charge in [0.1, 0.15) is 0 Å². The fraction of sp³-hybridized carbons (Fsp3) is 0. The number of rotatable bonds is 0. The molecule has 0 aromatic heterocycles. The van der Waals surface area contributed by atoms with Crippen LogP contribution in [0.4, 0.5) is 0 Å². The second-order valence-electron chi connectivity index (χ2n) is 3.62. The average Bonchev–Trinajstić information content (AvgIpc) is 2.31. The van der Waals surface area contributed by atoms with E-state index in [4.69, 9.17) is 23.2 Å². The van der Waals surface area contributed by atoms with Gasteiger partial charge in [-0.15, -0.1) is 0 Å². The van der Waals surface area contributed by atoms with E-state index in [0.717, 1.165) is 26.6 Å². The molecule has 0 atom stereocenters. The maximum absolute atomic E-state index is 6.35. The Labute approximate surface area is 103 Å². The van der Waals surface area contributed by atoms with Crippen molar-refractivity contribution in [1.82, 2.24) is 0 Å². The fourth-order valence-electron chi connectivity index (χ4n) is 1.86. The summed E-state index contributed by atoms with van der Waals surface area (Å²) in [5.41, 5.74) is 0. The summed E-state index contributed by atoms with van der Waals surface area (Å²) in [6, 6.07) is 17.5. The summed E-state index contributed by atoms with van der Waals surface area (Å²) < 4.78 is 0. The van der Waals surface area contributed by atoms with Gasteiger partial charge in [0.15, 0.2) is 0 Å². The van der Waals surface area contributed by atoms with Crippen LogP contribution in [0.15, 0.2) is 36.4 Å². The fourth-order valence-corrected chi connectivity index (χ4v) is 2.35. The van der Waals surface area contributed by atoms with Crippen molar-refractivity contribution in [3.63, 3.8) is 0 Å². The molecule has 0 saturated heterocycles. The maximum atomic E-state index is 6.35. The Hall–Kier alpha value is -1.24. The minimum Gasteiger partial charge on any atom is -0.0836 e. The highest BCUT2D eigenvalue weighted by molar-refractivity contribution is 6.41. The van der Waals surface area contributed by atoms with Crippen molar-refractivity contribution in [2.24, 2.45) is 0 Å². The molecule has 0 nitrogen and oxygen atoms in total. The summed E-state index contributed by atoms with van der Waals surface area (Å²) in [7, 11) is 0. The molecule has 0 unspecified atom stereocenters. The Balaban J connectivity index is 2.56. The van der Waals surface area contributed by atoms with Crippen LogP contribution in [0.25, 0.3) is 21.5 Å². The van der Waals surface area contributed by atoms with E-state index in [1.807, 2.05) is 30.3 Å². The molecule has 3 aromatic carbocycles. The molecule has 0 amide bonds. The van der Waals surface area contributed by atoms with Crippen molar-refractivity contribution in [1.29, 1.82) is 0 Å². The zero-order valence-electron chi connectivity index (χ0n) is 8.22. The minimum atomic E-state index is 0.577. The topological polar surface area (TPSA) is 0 Å². The standard InChI is InChI=1S/C14H6Cl2/c15-11-6-5-10-7-9-3-1-2-4-12(9)14(16)13(10)8-11/h1,3-5,7-8H. The Bertz CT molecular complexity index is 687. The second kappa shape index (κ2) is 3.65. The van der Waals surface area contributed by atoms with Gasteiger partial charge in [-0.05, 0) is 41.1 Å². The lowest BCUT2D eigenvalue weighted by atomic mass is 10.0. The number of benzene rings is 3. The normalized spacial score (nSPS) is 11.1.